The second-order valence-electron chi connectivity index (χ2n) is 5.98. The number of aromatic nitrogens is 2. The van der Waals surface area contributed by atoms with Gasteiger partial charge in [0.15, 0.2) is 11.5 Å². The highest BCUT2D eigenvalue weighted by Crippen LogP contribution is 2.25. The highest BCUT2D eigenvalue weighted by molar-refractivity contribution is 7.84. The first-order chi connectivity index (χ1) is 11.8. The van der Waals surface area contributed by atoms with Gasteiger partial charge < -0.3 is 5.32 Å². The molecule has 6 heteroatoms. The molecular formula is C18H20N4OS. The smallest absolute Gasteiger partial charge is 0.183 e. The summed E-state index contributed by atoms with van der Waals surface area (Å²) in [4.78, 5) is 8.14. The molecule has 3 rings (SSSR count). The first-order valence-electron chi connectivity index (χ1n) is 8.20. The van der Waals surface area contributed by atoms with E-state index in [0.29, 0.717) is 16.8 Å². The Labute approximate surface area is 144 Å². The minimum atomic E-state index is -0.826. The van der Waals surface area contributed by atoms with Gasteiger partial charge in [-0.15, -0.1) is 0 Å². The van der Waals surface area contributed by atoms with E-state index in [-0.39, 0.29) is 5.69 Å². The number of nitrogens with one attached hydrogen (secondary N) is 1. The molecule has 24 heavy (non-hydrogen) atoms. The number of nitrogens with zero attached hydrogens (tertiary/aromatic N) is 3. The number of rotatable bonds is 5. The summed E-state index contributed by atoms with van der Waals surface area (Å²) in [7, 11) is -0.826. The van der Waals surface area contributed by atoms with Crippen LogP contribution < -0.4 is 5.32 Å². The summed E-state index contributed by atoms with van der Waals surface area (Å²) < 4.78 is 12.6. The van der Waals surface area contributed by atoms with Crippen LogP contribution in [0.1, 0.15) is 43.4 Å². The Bertz CT molecular complexity index is 766. The molecule has 1 aromatic carbocycles. The van der Waals surface area contributed by atoms with Crippen LogP contribution in [0, 0.1) is 11.3 Å². The van der Waals surface area contributed by atoms with E-state index >= 15 is 0 Å². The molecule has 1 unspecified atom stereocenters. The average molecular weight is 340 g/mol. The van der Waals surface area contributed by atoms with Gasteiger partial charge in [-0.05, 0) is 30.5 Å². The monoisotopic (exact) mass is 340 g/mol. The zero-order chi connectivity index (χ0) is 16.8. The Morgan fingerprint density at radius 3 is 2.79 bits per heavy atom. The first kappa shape index (κ1) is 16.6. The van der Waals surface area contributed by atoms with Crippen molar-refractivity contribution in [1.29, 1.82) is 5.26 Å². The molecule has 1 aromatic heterocycles. The largest absolute Gasteiger partial charge is 0.338 e. The van der Waals surface area contributed by atoms with Crippen LogP contribution in [0.2, 0.25) is 0 Å². The van der Waals surface area contributed by atoms with Gasteiger partial charge in [-0.1, -0.05) is 31.4 Å². The predicted molar refractivity (Wildman–Crippen MR) is 95.2 cm³/mol. The standard InChI is InChI=1S/C18H20N4OS/c19-12-17-18(21-10-9-20-17)22-15-6-4-5-14(11-15)13-24(23)16-7-2-1-3-8-16/h4-6,9-11,16H,1-3,7-8,13H2,(H,21,22). The van der Waals surface area contributed by atoms with Crippen LogP contribution >= 0.6 is 0 Å². The molecule has 1 saturated carbocycles. The van der Waals surface area contributed by atoms with Crippen molar-refractivity contribution in [2.45, 2.75) is 43.1 Å². The summed E-state index contributed by atoms with van der Waals surface area (Å²) in [5.41, 5.74) is 2.12. The summed E-state index contributed by atoms with van der Waals surface area (Å²) in [6.07, 6.45) is 8.86. The Balaban J connectivity index is 1.70. The van der Waals surface area contributed by atoms with Gasteiger partial charge in [0.1, 0.15) is 6.07 Å². The number of nitriles is 1. The summed E-state index contributed by atoms with van der Waals surface area (Å²) in [5.74, 6) is 1.01. The first-order valence-corrected chi connectivity index (χ1v) is 9.59. The van der Waals surface area contributed by atoms with Gasteiger partial charge >= 0.3 is 0 Å². The fourth-order valence-corrected chi connectivity index (χ4v) is 4.60. The van der Waals surface area contributed by atoms with Crippen molar-refractivity contribution in [1.82, 2.24) is 9.97 Å². The lowest BCUT2D eigenvalue weighted by atomic mass is 10.0. The van der Waals surface area contributed by atoms with Gasteiger partial charge in [-0.3, -0.25) is 4.21 Å². The molecule has 124 valence electrons. The van der Waals surface area contributed by atoms with Gasteiger partial charge in [-0.25, -0.2) is 9.97 Å². The van der Waals surface area contributed by atoms with Crippen LogP contribution in [0.4, 0.5) is 11.5 Å². The van der Waals surface area contributed by atoms with Crippen molar-refractivity contribution in [3.8, 4) is 6.07 Å². The Morgan fingerprint density at radius 1 is 1.21 bits per heavy atom. The van der Waals surface area contributed by atoms with E-state index in [1.807, 2.05) is 30.3 Å². The van der Waals surface area contributed by atoms with Crippen molar-refractivity contribution in [2.24, 2.45) is 0 Å². The number of hydrogen-bond donors (Lipinski definition) is 1. The number of anilines is 2. The second kappa shape index (κ2) is 8.02. The molecule has 1 atom stereocenters. The molecule has 2 aromatic rings. The molecule has 1 aliphatic carbocycles. The maximum absolute atomic E-state index is 12.6. The van der Waals surface area contributed by atoms with Crippen molar-refractivity contribution in [3.05, 3.63) is 47.9 Å². The lowest BCUT2D eigenvalue weighted by molar-refractivity contribution is 0.504. The van der Waals surface area contributed by atoms with E-state index in [0.717, 1.165) is 24.1 Å². The van der Waals surface area contributed by atoms with Gasteiger partial charge in [0.05, 0.1) is 0 Å². The highest BCUT2D eigenvalue weighted by Gasteiger charge is 2.19. The Hall–Kier alpha value is -2.26. The molecule has 1 aliphatic rings. The zero-order valence-electron chi connectivity index (χ0n) is 13.4. The van der Waals surface area contributed by atoms with E-state index in [1.54, 1.807) is 6.20 Å². The second-order valence-corrected chi connectivity index (χ2v) is 7.69. The summed E-state index contributed by atoms with van der Waals surface area (Å²) in [5, 5.41) is 12.5. The third kappa shape index (κ3) is 4.18. The van der Waals surface area contributed by atoms with Crippen molar-refractivity contribution in [2.75, 3.05) is 5.32 Å². The highest BCUT2D eigenvalue weighted by atomic mass is 32.2. The molecule has 0 spiro atoms. The minimum absolute atomic E-state index is 0.258. The molecule has 1 heterocycles. The lowest BCUT2D eigenvalue weighted by Crippen LogP contribution is -2.19. The molecule has 1 N–H and O–H groups in total. The number of benzene rings is 1. The summed E-state index contributed by atoms with van der Waals surface area (Å²) >= 11 is 0. The van der Waals surface area contributed by atoms with Crippen LogP contribution in [-0.2, 0) is 16.6 Å². The minimum Gasteiger partial charge on any atom is -0.338 e. The van der Waals surface area contributed by atoms with E-state index in [4.69, 9.17) is 5.26 Å². The quantitative estimate of drug-likeness (QED) is 0.898. The molecule has 0 aliphatic heterocycles. The lowest BCUT2D eigenvalue weighted by Gasteiger charge is -2.21. The van der Waals surface area contributed by atoms with Crippen molar-refractivity contribution < 1.29 is 4.21 Å². The van der Waals surface area contributed by atoms with Crippen LogP contribution in [0.15, 0.2) is 36.7 Å². The van der Waals surface area contributed by atoms with Gasteiger partial charge in [0.2, 0.25) is 0 Å². The maximum atomic E-state index is 12.6. The fourth-order valence-electron chi connectivity index (χ4n) is 3.00. The van der Waals surface area contributed by atoms with E-state index in [2.05, 4.69) is 15.3 Å². The van der Waals surface area contributed by atoms with Crippen molar-refractivity contribution in [3.63, 3.8) is 0 Å². The molecule has 0 bridgehead atoms. The summed E-state index contributed by atoms with van der Waals surface area (Å²) in [6, 6.07) is 9.82. The molecule has 1 fully saturated rings. The summed E-state index contributed by atoms with van der Waals surface area (Å²) in [6.45, 7) is 0. The molecule has 5 nitrogen and oxygen atoms in total. The molecule has 0 amide bonds. The van der Waals surface area contributed by atoms with Gasteiger partial charge in [0, 0.05) is 39.9 Å². The SMILES string of the molecule is N#Cc1nccnc1Nc1cccc(CS(=O)C2CCCCC2)c1. The van der Waals surface area contributed by atoms with Gasteiger partial charge in [-0.2, -0.15) is 5.26 Å². The van der Waals surface area contributed by atoms with E-state index in [9.17, 15) is 4.21 Å². The van der Waals surface area contributed by atoms with Crippen LogP contribution in [0.5, 0.6) is 0 Å². The van der Waals surface area contributed by atoms with Crippen LogP contribution in [0.25, 0.3) is 0 Å². The number of hydrogen-bond acceptors (Lipinski definition) is 5. The average Bonchev–Trinajstić information content (AvgIpc) is 2.63. The van der Waals surface area contributed by atoms with Crippen molar-refractivity contribution >= 4 is 22.3 Å². The van der Waals surface area contributed by atoms with E-state index in [1.165, 1.54) is 25.5 Å². The Kier molecular flexibility index (Phi) is 5.55. The molecule has 0 saturated heterocycles. The molecular weight excluding hydrogens is 320 g/mol. The van der Waals surface area contributed by atoms with Crippen LogP contribution in [-0.4, -0.2) is 19.4 Å². The zero-order valence-corrected chi connectivity index (χ0v) is 14.3. The van der Waals surface area contributed by atoms with Gasteiger partial charge in [0.25, 0.3) is 0 Å². The fraction of sp³-hybridized carbons (Fsp3) is 0.389. The van der Waals surface area contributed by atoms with Crippen LogP contribution in [0.3, 0.4) is 0 Å². The topological polar surface area (TPSA) is 78.7 Å². The van der Waals surface area contributed by atoms with E-state index < -0.39 is 10.8 Å². The normalized spacial score (nSPS) is 16.3. The maximum Gasteiger partial charge on any atom is 0.183 e. The Morgan fingerprint density at radius 2 is 2.00 bits per heavy atom. The molecule has 0 radical (unpaired) electrons. The third-order valence-corrected chi connectivity index (χ3v) is 6.06. The predicted octanol–water partition coefficient (Wildman–Crippen LogP) is 3.67. The third-order valence-electron chi connectivity index (χ3n) is 4.23.